The molecule has 0 spiro atoms. The molecule has 0 bridgehead atoms. The first-order chi connectivity index (χ1) is 9.29. The average Bonchev–Trinajstić information content (AvgIpc) is 2.46. The maximum absolute atomic E-state index is 13.3. The van der Waals surface area contributed by atoms with Gasteiger partial charge >= 0.3 is 0 Å². The van der Waals surface area contributed by atoms with Crippen LogP contribution in [0.25, 0.3) is 0 Å². The molecule has 5 nitrogen and oxygen atoms in total. The first-order valence-electron chi connectivity index (χ1n) is 5.95. The number of ether oxygens (including phenoxy) is 1. The molecule has 3 N–H and O–H groups in total. The fourth-order valence-corrected chi connectivity index (χ4v) is 1.61. The first kappa shape index (κ1) is 13.2. The lowest BCUT2D eigenvalue weighted by Crippen LogP contribution is -2.12. The topological polar surface area (TPSA) is 73.1 Å². The molecule has 0 fully saturated rings. The molecule has 0 saturated heterocycles. The van der Waals surface area contributed by atoms with E-state index in [1.807, 2.05) is 30.3 Å². The first-order valence-corrected chi connectivity index (χ1v) is 5.95. The standard InChI is InChI=1S/C13H15FN4O/c14-11-9-16-13(18-15)17-12(11)19-8-4-7-10-5-2-1-3-6-10/h1-3,5-6,9H,4,7-8,15H2,(H,16,17,18). The summed E-state index contributed by atoms with van der Waals surface area (Å²) in [4.78, 5) is 7.42. The summed E-state index contributed by atoms with van der Waals surface area (Å²) in [7, 11) is 0. The average molecular weight is 262 g/mol. The molecular weight excluding hydrogens is 247 g/mol. The fourth-order valence-electron chi connectivity index (χ4n) is 1.61. The second-order valence-electron chi connectivity index (χ2n) is 3.93. The van der Waals surface area contributed by atoms with Gasteiger partial charge in [-0.25, -0.2) is 10.8 Å². The number of aromatic nitrogens is 2. The minimum atomic E-state index is -0.598. The summed E-state index contributed by atoms with van der Waals surface area (Å²) in [6.07, 6.45) is 2.67. The zero-order valence-electron chi connectivity index (χ0n) is 10.3. The van der Waals surface area contributed by atoms with Gasteiger partial charge in [0.2, 0.25) is 11.8 Å². The maximum atomic E-state index is 13.3. The Hall–Kier alpha value is -2.21. The highest BCUT2D eigenvalue weighted by Crippen LogP contribution is 2.14. The van der Waals surface area contributed by atoms with Gasteiger partial charge in [0, 0.05) is 0 Å². The van der Waals surface area contributed by atoms with E-state index in [-0.39, 0.29) is 11.8 Å². The lowest BCUT2D eigenvalue weighted by atomic mass is 10.1. The van der Waals surface area contributed by atoms with Crippen molar-refractivity contribution in [3.8, 4) is 5.88 Å². The number of halogens is 1. The summed E-state index contributed by atoms with van der Waals surface area (Å²) in [5.41, 5.74) is 3.46. The molecule has 19 heavy (non-hydrogen) atoms. The van der Waals surface area contributed by atoms with Gasteiger partial charge in [0.05, 0.1) is 12.8 Å². The van der Waals surface area contributed by atoms with Crippen molar-refractivity contribution in [2.45, 2.75) is 12.8 Å². The van der Waals surface area contributed by atoms with Gasteiger partial charge in [0.25, 0.3) is 5.88 Å². The van der Waals surface area contributed by atoms with Crippen LogP contribution in [-0.2, 0) is 6.42 Å². The largest absolute Gasteiger partial charge is 0.475 e. The number of hydrogen-bond acceptors (Lipinski definition) is 5. The van der Waals surface area contributed by atoms with Gasteiger partial charge < -0.3 is 4.74 Å². The van der Waals surface area contributed by atoms with Crippen molar-refractivity contribution in [3.05, 3.63) is 47.9 Å². The van der Waals surface area contributed by atoms with Crippen molar-refractivity contribution in [1.82, 2.24) is 9.97 Å². The minimum absolute atomic E-state index is 0.0870. The van der Waals surface area contributed by atoms with Crippen molar-refractivity contribution in [1.29, 1.82) is 0 Å². The molecule has 0 atom stereocenters. The van der Waals surface area contributed by atoms with Gasteiger partial charge in [-0.3, -0.25) is 5.43 Å². The van der Waals surface area contributed by atoms with E-state index in [9.17, 15) is 4.39 Å². The van der Waals surface area contributed by atoms with Crippen molar-refractivity contribution in [2.24, 2.45) is 5.84 Å². The molecule has 100 valence electrons. The van der Waals surface area contributed by atoms with Crippen LogP contribution in [0.4, 0.5) is 10.3 Å². The van der Waals surface area contributed by atoms with Crippen LogP contribution in [0.2, 0.25) is 0 Å². The summed E-state index contributed by atoms with van der Waals surface area (Å²) >= 11 is 0. The van der Waals surface area contributed by atoms with E-state index in [0.29, 0.717) is 6.61 Å². The number of nitrogens with zero attached hydrogens (tertiary/aromatic N) is 2. The second kappa shape index (κ2) is 6.65. The highest BCUT2D eigenvalue weighted by atomic mass is 19.1. The Morgan fingerprint density at radius 1 is 1.26 bits per heavy atom. The number of anilines is 1. The Morgan fingerprint density at radius 2 is 2.05 bits per heavy atom. The molecule has 0 unspecified atom stereocenters. The van der Waals surface area contributed by atoms with Gasteiger partial charge in [0.1, 0.15) is 0 Å². The normalized spacial score (nSPS) is 10.2. The highest BCUT2D eigenvalue weighted by Gasteiger charge is 2.07. The molecular formula is C13H15FN4O. The number of aryl methyl sites for hydroxylation is 1. The van der Waals surface area contributed by atoms with Crippen LogP contribution in [-0.4, -0.2) is 16.6 Å². The predicted molar refractivity (Wildman–Crippen MR) is 70.1 cm³/mol. The Morgan fingerprint density at radius 3 is 2.79 bits per heavy atom. The summed E-state index contributed by atoms with van der Waals surface area (Å²) in [6, 6.07) is 10.0. The number of hydrogen-bond donors (Lipinski definition) is 2. The summed E-state index contributed by atoms with van der Waals surface area (Å²) in [5, 5.41) is 0. The maximum Gasteiger partial charge on any atom is 0.255 e. The van der Waals surface area contributed by atoms with Crippen molar-refractivity contribution >= 4 is 5.95 Å². The Kier molecular flexibility index (Phi) is 4.63. The van der Waals surface area contributed by atoms with Gasteiger partial charge in [-0.15, -0.1) is 0 Å². The number of nitrogens with one attached hydrogen (secondary N) is 1. The predicted octanol–water partition coefficient (Wildman–Crippen LogP) is 1.91. The van der Waals surface area contributed by atoms with Gasteiger partial charge in [0.15, 0.2) is 0 Å². The Balaban J connectivity index is 1.82. The molecule has 6 heteroatoms. The molecule has 0 aliphatic rings. The number of rotatable bonds is 6. The zero-order valence-corrected chi connectivity index (χ0v) is 10.3. The van der Waals surface area contributed by atoms with Crippen LogP contribution in [0.5, 0.6) is 5.88 Å². The van der Waals surface area contributed by atoms with E-state index in [0.717, 1.165) is 19.0 Å². The molecule has 0 saturated carbocycles. The van der Waals surface area contributed by atoms with E-state index in [2.05, 4.69) is 15.4 Å². The molecule has 0 radical (unpaired) electrons. The van der Waals surface area contributed by atoms with Crippen LogP contribution in [0.15, 0.2) is 36.5 Å². The van der Waals surface area contributed by atoms with Crippen LogP contribution >= 0.6 is 0 Å². The van der Waals surface area contributed by atoms with Crippen molar-refractivity contribution in [3.63, 3.8) is 0 Å². The quantitative estimate of drug-likeness (QED) is 0.472. The van der Waals surface area contributed by atoms with Crippen LogP contribution in [0.1, 0.15) is 12.0 Å². The number of benzene rings is 1. The van der Waals surface area contributed by atoms with Crippen molar-refractivity contribution in [2.75, 3.05) is 12.0 Å². The van der Waals surface area contributed by atoms with E-state index < -0.39 is 5.82 Å². The second-order valence-corrected chi connectivity index (χ2v) is 3.93. The third-order valence-electron chi connectivity index (χ3n) is 2.53. The summed E-state index contributed by atoms with van der Waals surface area (Å²) in [5.74, 6) is 4.59. The number of hydrazine groups is 1. The molecule has 0 amide bonds. The third kappa shape index (κ3) is 3.89. The zero-order chi connectivity index (χ0) is 13.5. The smallest absolute Gasteiger partial charge is 0.255 e. The van der Waals surface area contributed by atoms with E-state index in [1.54, 1.807) is 0 Å². The number of nitrogens with two attached hydrogens (primary N) is 1. The number of nitrogen functional groups attached to an aromatic ring is 1. The van der Waals surface area contributed by atoms with Crippen molar-refractivity contribution < 1.29 is 9.13 Å². The molecule has 2 rings (SSSR count). The monoisotopic (exact) mass is 262 g/mol. The fraction of sp³-hybridized carbons (Fsp3) is 0.231. The molecule has 2 aromatic rings. The van der Waals surface area contributed by atoms with Gasteiger partial charge in [-0.2, -0.15) is 9.37 Å². The van der Waals surface area contributed by atoms with Gasteiger partial charge in [-0.1, -0.05) is 30.3 Å². The highest BCUT2D eigenvalue weighted by molar-refractivity contribution is 5.26. The SMILES string of the molecule is NNc1ncc(F)c(OCCCc2ccccc2)n1. The minimum Gasteiger partial charge on any atom is -0.475 e. The van der Waals surface area contributed by atoms with Crippen LogP contribution in [0.3, 0.4) is 0 Å². The molecule has 1 aromatic heterocycles. The lowest BCUT2D eigenvalue weighted by molar-refractivity contribution is 0.282. The Labute approximate surface area is 110 Å². The molecule has 0 aliphatic heterocycles. The van der Waals surface area contributed by atoms with E-state index >= 15 is 0 Å². The van der Waals surface area contributed by atoms with Crippen LogP contribution in [0, 0.1) is 5.82 Å². The Bertz CT molecular complexity index is 521. The van der Waals surface area contributed by atoms with Crippen LogP contribution < -0.4 is 16.0 Å². The third-order valence-corrected chi connectivity index (χ3v) is 2.53. The lowest BCUT2D eigenvalue weighted by Gasteiger charge is -2.07. The molecule has 0 aliphatic carbocycles. The van der Waals surface area contributed by atoms with Gasteiger partial charge in [-0.05, 0) is 18.4 Å². The molecule has 1 aromatic carbocycles. The summed E-state index contributed by atoms with van der Waals surface area (Å²) < 4.78 is 18.6. The van der Waals surface area contributed by atoms with E-state index in [4.69, 9.17) is 10.6 Å². The van der Waals surface area contributed by atoms with E-state index in [1.165, 1.54) is 5.56 Å². The summed E-state index contributed by atoms with van der Waals surface area (Å²) in [6.45, 7) is 0.382. The molecule has 1 heterocycles.